The molecule has 1 heterocycles. The Morgan fingerprint density at radius 1 is 1.17 bits per heavy atom. The Morgan fingerprint density at radius 3 is 2.75 bits per heavy atom. The van der Waals surface area contributed by atoms with Gasteiger partial charge in [-0.25, -0.2) is 0 Å². The summed E-state index contributed by atoms with van der Waals surface area (Å²) in [5.41, 5.74) is 3.11. The van der Waals surface area contributed by atoms with Crippen LogP contribution < -0.4 is 10.9 Å². The number of hydrogen-bond donors (Lipinski definition) is 2. The molecule has 0 fully saturated rings. The second kappa shape index (κ2) is 7.01. The minimum Gasteiger partial charge on any atom is -0.352 e. The zero-order valence-corrected chi connectivity index (χ0v) is 14.8. The van der Waals surface area contributed by atoms with E-state index in [1.54, 1.807) is 6.07 Å². The molecule has 122 valence electrons. The standard InChI is InChI=1S/C19H17BrN2O2/c1-12-6-7-17-14(10-12)11-13(18(23)22-17)8-9-21-19(24)15-4-2-3-5-16(15)20/h2-7,10-11H,8-9H2,1H3,(H,21,24)(H,22,23). The number of benzene rings is 2. The fourth-order valence-electron chi connectivity index (χ4n) is 2.61. The van der Waals surface area contributed by atoms with Crippen LogP contribution in [0.2, 0.25) is 0 Å². The zero-order valence-electron chi connectivity index (χ0n) is 13.2. The summed E-state index contributed by atoms with van der Waals surface area (Å²) >= 11 is 3.36. The third-order valence-electron chi connectivity index (χ3n) is 3.88. The van der Waals surface area contributed by atoms with Crippen molar-refractivity contribution in [3.63, 3.8) is 0 Å². The quantitative estimate of drug-likeness (QED) is 0.721. The summed E-state index contributed by atoms with van der Waals surface area (Å²) in [5.74, 6) is -0.157. The lowest BCUT2D eigenvalue weighted by atomic mass is 10.1. The fourth-order valence-corrected chi connectivity index (χ4v) is 3.07. The third-order valence-corrected chi connectivity index (χ3v) is 4.57. The van der Waals surface area contributed by atoms with Crippen molar-refractivity contribution in [3.05, 3.63) is 80.0 Å². The minimum atomic E-state index is -0.157. The van der Waals surface area contributed by atoms with Gasteiger partial charge in [-0.3, -0.25) is 9.59 Å². The molecule has 5 heteroatoms. The average Bonchev–Trinajstić information content (AvgIpc) is 2.56. The van der Waals surface area contributed by atoms with Gasteiger partial charge in [0.1, 0.15) is 0 Å². The van der Waals surface area contributed by atoms with E-state index < -0.39 is 0 Å². The van der Waals surface area contributed by atoms with Crippen molar-refractivity contribution in [3.8, 4) is 0 Å². The molecule has 0 radical (unpaired) electrons. The van der Waals surface area contributed by atoms with Crippen LogP contribution >= 0.6 is 15.9 Å². The van der Waals surface area contributed by atoms with E-state index in [1.165, 1.54) is 0 Å². The van der Waals surface area contributed by atoms with Crippen molar-refractivity contribution >= 4 is 32.7 Å². The van der Waals surface area contributed by atoms with E-state index in [0.717, 1.165) is 20.9 Å². The lowest BCUT2D eigenvalue weighted by molar-refractivity contribution is 0.0953. The van der Waals surface area contributed by atoms with Crippen LogP contribution in [-0.4, -0.2) is 17.4 Å². The Labute approximate surface area is 148 Å². The summed E-state index contributed by atoms with van der Waals surface area (Å²) in [5, 5.41) is 3.85. The van der Waals surface area contributed by atoms with Gasteiger partial charge in [0, 0.05) is 22.1 Å². The molecule has 2 N–H and O–H groups in total. The molecular weight excluding hydrogens is 368 g/mol. The molecule has 1 amide bonds. The predicted octanol–water partition coefficient (Wildman–Crippen LogP) is 3.57. The lowest BCUT2D eigenvalue weighted by Gasteiger charge is -2.07. The second-order valence-electron chi connectivity index (χ2n) is 5.70. The van der Waals surface area contributed by atoms with Crippen molar-refractivity contribution in [2.45, 2.75) is 13.3 Å². The van der Waals surface area contributed by atoms with Gasteiger partial charge in [0.2, 0.25) is 0 Å². The van der Waals surface area contributed by atoms with E-state index in [9.17, 15) is 9.59 Å². The first-order valence-electron chi connectivity index (χ1n) is 7.70. The number of H-pyrrole nitrogens is 1. The number of hydrogen-bond acceptors (Lipinski definition) is 2. The van der Waals surface area contributed by atoms with E-state index in [2.05, 4.69) is 26.2 Å². The van der Waals surface area contributed by atoms with Crippen LogP contribution in [0.15, 0.2) is 57.8 Å². The number of carbonyl (C=O) groups excluding carboxylic acids is 1. The number of amides is 1. The van der Waals surface area contributed by atoms with Gasteiger partial charge >= 0.3 is 0 Å². The number of nitrogens with one attached hydrogen (secondary N) is 2. The summed E-state index contributed by atoms with van der Waals surface area (Å²) in [6.45, 7) is 2.42. The maximum atomic E-state index is 12.2. The Hall–Kier alpha value is -2.40. The Balaban J connectivity index is 1.72. The Kier molecular flexibility index (Phi) is 4.81. The molecule has 3 aromatic rings. The van der Waals surface area contributed by atoms with Gasteiger partial charge in [-0.2, -0.15) is 0 Å². The Morgan fingerprint density at radius 2 is 1.96 bits per heavy atom. The van der Waals surface area contributed by atoms with Crippen molar-refractivity contribution in [1.82, 2.24) is 10.3 Å². The summed E-state index contributed by atoms with van der Waals surface area (Å²) < 4.78 is 0.751. The Bertz CT molecular complexity index is 963. The van der Waals surface area contributed by atoms with Gasteiger partial charge in [-0.15, -0.1) is 0 Å². The molecule has 0 saturated heterocycles. The van der Waals surface area contributed by atoms with Crippen molar-refractivity contribution < 1.29 is 4.79 Å². The van der Waals surface area contributed by atoms with Crippen molar-refractivity contribution in [2.24, 2.45) is 0 Å². The zero-order chi connectivity index (χ0) is 17.1. The highest BCUT2D eigenvalue weighted by atomic mass is 79.9. The second-order valence-corrected chi connectivity index (χ2v) is 6.55. The van der Waals surface area contributed by atoms with Crippen LogP contribution in [0.3, 0.4) is 0 Å². The van der Waals surface area contributed by atoms with Crippen molar-refractivity contribution in [2.75, 3.05) is 6.54 Å². The molecule has 1 aromatic heterocycles. The first-order chi connectivity index (χ1) is 11.5. The number of carbonyl (C=O) groups is 1. The van der Waals surface area contributed by atoms with Gasteiger partial charge in [-0.05, 0) is 65.0 Å². The molecule has 0 aliphatic carbocycles. The molecule has 2 aromatic carbocycles. The number of aromatic amines is 1. The molecular formula is C19H17BrN2O2. The maximum Gasteiger partial charge on any atom is 0.252 e. The van der Waals surface area contributed by atoms with E-state index in [1.807, 2.05) is 49.4 Å². The fraction of sp³-hybridized carbons (Fsp3) is 0.158. The molecule has 24 heavy (non-hydrogen) atoms. The van der Waals surface area contributed by atoms with Crippen LogP contribution in [0, 0.1) is 6.92 Å². The van der Waals surface area contributed by atoms with E-state index in [-0.39, 0.29) is 11.5 Å². The monoisotopic (exact) mass is 384 g/mol. The summed E-state index contributed by atoms with van der Waals surface area (Å²) in [7, 11) is 0. The van der Waals surface area contributed by atoms with Gasteiger partial charge in [0.25, 0.3) is 11.5 Å². The molecule has 0 aliphatic heterocycles. The van der Waals surface area contributed by atoms with E-state index >= 15 is 0 Å². The highest BCUT2D eigenvalue weighted by Crippen LogP contribution is 2.16. The largest absolute Gasteiger partial charge is 0.352 e. The summed E-state index contributed by atoms with van der Waals surface area (Å²) in [4.78, 5) is 27.2. The number of aromatic nitrogens is 1. The van der Waals surface area contributed by atoms with E-state index in [4.69, 9.17) is 0 Å². The first kappa shape index (κ1) is 16.5. The molecule has 4 nitrogen and oxygen atoms in total. The number of pyridine rings is 1. The molecule has 3 rings (SSSR count). The van der Waals surface area contributed by atoms with Gasteiger partial charge in [0.15, 0.2) is 0 Å². The summed E-state index contributed by atoms with van der Waals surface area (Å²) in [6.07, 6.45) is 0.482. The first-order valence-corrected chi connectivity index (χ1v) is 8.49. The summed E-state index contributed by atoms with van der Waals surface area (Å²) in [6, 6.07) is 15.1. The highest BCUT2D eigenvalue weighted by Gasteiger charge is 2.09. The minimum absolute atomic E-state index is 0.110. The molecule has 0 bridgehead atoms. The lowest BCUT2D eigenvalue weighted by Crippen LogP contribution is -2.27. The molecule has 0 saturated carbocycles. The highest BCUT2D eigenvalue weighted by molar-refractivity contribution is 9.10. The van der Waals surface area contributed by atoms with Crippen LogP contribution in [0.5, 0.6) is 0 Å². The van der Waals surface area contributed by atoms with Gasteiger partial charge < -0.3 is 10.3 Å². The SMILES string of the molecule is Cc1ccc2[nH]c(=O)c(CCNC(=O)c3ccccc3Br)cc2c1. The molecule has 0 atom stereocenters. The number of halogens is 1. The third kappa shape index (κ3) is 3.57. The molecule has 0 unspecified atom stereocenters. The van der Waals surface area contributed by atoms with Crippen LogP contribution in [0.4, 0.5) is 0 Å². The van der Waals surface area contributed by atoms with Crippen LogP contribution in [-0.2, 0) is 6.42 Å². The normalized spacial score (nSPS) is 10.8. The maximum absolute atomic E-state index is 12.2. The topological polar surface area (TPSA) is 62.0 Å². The van der Waals surface area contributed by atoms with Crippen LogP contribution in [0.1, 0.15) is 21.5 Å². The van der Waals surface area contributed by atoms with Gasteiger partial charge in [0.05, 0.1) is 5.56 Å². The number of fused-ring (bicyclic) bond motifs is 1. The molecule has 0 aliphatic rings. The van der Waals surface area contributed by atoms with Crippen LogP contribution in [0.25, 0.3) is 10.9 Å². The number of rotatable bonds is 4. The molecule has 0 spiro atoms. The number of aryl methyl sites for hydroxylation is 1. The smallest absolute Gasteiger partial charge is 0.252 e. The van der Waals surface area contributed by atoms with E-state index in [0.29, 0.717) is 24.1 Å². The predicted molar refractivity (Wildman–Crippen MR) is 99.5 cm³/mol. The van der Waals surface area contributed by atoms with Crippen molar-refractivity contribution in [1.29, 1.82) is 0 Å². The average molecular weight is 385 g/mol. The van der Waals surface area contributed by atoms with Gasteiger partial charge in [-0.1, -0.05) is 23.8 Å².